The Hall–Kier alpha value is -1.91. The van der Waals surface area contributed by atoms with E-state index < -0.39 is 0 Å². The first-order valence-corrected chi connectivity index (χ1v) is 9.20. The summed E-state index contributed by atoms with van der Waals surface area (Å²) in [5.41, 5.74) is 2.13. The van der Waals surface area contributed by atoms with Gasteiger partial charge in [0.25, 0.3) is 0 Å². The largest absolute Gasteiger partial charge is 0.349 e. The number of pyridine rings is 1. The van der Waals surface area contributed by atoms with Gasteiger partial charge in [0.1, 0.15) is 0 Å². The average Bonchev–Trinajstić information content (AvgIpc) is 3.44. The Morgan fingerprint density at radius 1 is 1.20 bits per heavy atom. The van der Waals surface area contributed by atoms with E-state index in [1.807, 2.05) is 30.3 Å². The maximum Gasteiger partial charge on any atom is 0.234 e. The lowest BCUT2D eigenvalue weighted by atomic mass is 10.1. The Balaban J connectivity index is 1.47. The fourth-order valence-electron chi connectivity index (χ4n) is 2.79. The van der Waals surface area contributed by atoms with Crippen LogP contribution < -0.4 is 5.32 Å². The quantitative estimate of drug-likeness (QED) is 0.749. The normalized spacial score (nSPS) is 13.8. The number of halogens is 1. The minimum atomic E-state index is 0.0578. The molecule has 1 heterocycles. The molecule has 0 bridgehead atoms. The van der Waals surface area contributed by atoms with Crippen LogP contribution in [-0.2, 0) is 17.8 Å². The molecule has 25 heavy (non-hydrogen) atoms. The third kappa shape index (κ3) is 6.48. The van der Waals surface area contributed by atoms with E-state index in [4.69, 9.17) is 11.6 Å². The number of amides is 1. The molecule has 1 saturated carbocycles. The van der Waals surface area contributed by atoms with E-state index >= 15 is 0 Å². The molecule has 0 aliphatic heterocycles. The first-order valence-electron chi connectivity index (χ1n) is 8.82. The molecular formula is C20H24ClN3O. The number of carbonyl (C=O) groups is 1. The topological polar surface area (TPSA) is 45.2 Å². The number of benzene rings is 1. The molecule has 1 fully saturated rings. The summed E-state index contributed by atoms with van der Waals surface area (Å²) < 4.78 is 0. The highest BCUT2D eigenvalue weighted by atomic mass is 35.5. The monoisotopic (exact) mass is 357 g/mol. The van der Waals surface area contributed by atoms with Crippen molar-refractivity contribution in [2.24, 2.45) is 5.92 Å². The van der Waals surface area contributed by atoms with Crippen LogP contribution in [0.2, 0.25) is 5.02 Å². The molecule has 2 aromatic rings. The van der Waals surface area contributed by atoms with Crippen molar-refractivity contribution in [3.05, 3.63) is 64.9 Å². The van der Waals surface area contributed by atoms with Gasteiger partial charge in [0.05, 0.1) is 18.8 Å². The second kappa shape index (κ2) is 8.97. The van der Waals surface area contributed by atoms with Crippen LogP contribution in [0.15, 0.2) is 48.7 Å². The Morgan fingerprint density at radius 2 is 2.00 bits per heavy atom. The Labute approximate surface area is 154 Å². The second-order valence-electron chi connectivity index (χ2n) is 6.65. The van der Waals surface area contributed by atoms with Gasteiger partial charge in [-0.05, 0) is 55.0 Å². The van der Waals surface area contributed by atoms with Crippen molar-refractivity contribution < 1.29 is 4.79 Å². The molecule has 1 amide bonds. The van der Waals surface area contributed by atoms with Gasteiger partial charge in [-0.1, -0.05) is 29.8 Å². The van der Waals surface area contributed by atoms with Gasteiger partial charge in [-0.25, -0.2) is 0 Å². The molecule has 1 aliphatic rings. The molecule has 0 atom stereocenters. The lowest BCUT2D eigenvalue weighted by Crippen LogP contribution is -2.39. The summed E-state index contributed by atoms with van der Waals surface area (Å²) >= 11 is 5.94. The molecule has 1 aliphatic carbocycles. The first kappa shape index (κ1) is 17.9. The molecule has 1 aromatic heterocycles. The fourth-order valence-corrected chi connectivity index (χ4v) is 2.92. The van der Waals surface area contributed by atoms with Crippen molar-refractivity contribution in [1.82, 2.24) is 15.2 Å². The Kier molecular flexibility index (Phi) is 6.42. The van der Waals surface area contributed by atoms with Crippen molar-refractivity contribution in [3.8, 4) is 0 Å². The van der Waals surface area contributed by atoms with Crippen molar-refractivity contribution in [2.75, 3.05) is 19.6 Å². The van der Waals surface area contributed by atoms with E-state index in [-0.39, 0.29) is 5.91 Å². The van der Waals surface area contributed by atoms with Crippen molar-refractivity contribution in [2.45, 2.75) is 25.8 Å². The zero-order valence-corrected chi connectivity index (χ0v) is 15.1. The molecule has 1 N–H and O–H groups in total. The molecule has 0 saturated heterocycles. The molecule has 5 heteroatoms. The van der Waals surface area contributed by atoms with E-state index in [9.17, 15) is 4.79 Å². The SMILES string of the molecule is O=C(CN(CCc1ccc(Cl)cc1)CC1CC1)NCc1ccccn1. The van der Waals surface area contributed by atoms with Gasteiger partial charge >= 0.3 is 0 Å². The van der Waals surface area contributed by atoms with E-state index in [1.54, 1.807) is 6.20 Å². The molecule has 0 unspecified atom stereocenters. The van der Waals surface area contributed by atoms with Crippen LogP contribution >= 0.6 is 11.6 Å². The Morgan fingerprint density at radius 3 is 2.68 bits per heavy atom. The van der Waals surface area contributed by atoms with Crippen LogP contribution in [0.25, 0.3) is 0 Å². The number of hydrogen-bond donors (Lipinski definition) is 1. The molecule has 132 valence electrons. The zero-order chi connectivity index (χ0) is 17.5. The van der Waals surface area contributed by atoms with Crippen LogP contribution in [0.3, 0.4) is 0 Å². The van der Waals surface area contributed by atoms with E-state index in [0.29, 0.717) is 13.1 Å². The van der Waals surface area contributed by atoms with E-state index in [2.05, 4.69) is 27.3 Å². The van der Waals surface area contributed by atoms with Crippen LogP contribution in [0, 0.1) is 5.92 Å². The number of nitrogens with zero attached hydrogens (tertiary/aromatic N) is 2. The highest BCUT2D eigenvalue weighted by molar-refractivity contribution is 6.30. The van der Waals surface area contributed by atoms with Gasteiger partial charge in [-0.2, -0.15) is 0 Å². The van der Waals surface area contributed by atoms with Crippen LogP contribution in [-0.4, -0.2) is 35.4 Å². The maximum absolute atomic E-state index is 12.3. The zero-order valence-electron chi connectivity index (χ0n) is 14.3. The smallest absolute Gasteiger partial charge is 0.234 e. The standard InChI is InChI=1S/C20H24ClN3O/c21-18-8-6-16(7-9-18)10-12-24(14-17-4-5-17)15-20(25)23-13-19-3-1-2-11-22-19/h1-3,6-9,11,17H,4-5,10,12-15H2,(H,23,25). The van der Waals surface area contributed by atoms with Gasteiger partial charge in [0.2, 0.25) is 5.91 Å². The van der Waals surface area contributed by atoms with Gasteiger partial charge in [0, 0.05) is 24.3 Å². The third-order valence-corrected chi connectivity index (χ3v) is 4.66. The molecule has 0 spiro atoms. The third-order valence-electron chi connectivity index (χ3n) is 4.40. The van der Waals surface area contributed by atoms with Crippen molar-refractivity contribution in [3.63, 3.8) is 0 Å². The van der Waals surface area contributed by atoms with Crippen molar-refractivity contribution >= 4 is 17.5 Å². The Bertz CT molecular complexity index is 671. The second-order valence-corrected chi connectivity index (χ2v) is 7.09. The number of rotatable bonds is 9. The van der Waals surface area contributed by atoms with Gasteiger partial charge in [-0.15, -0.1) is 0 Å². The molecule has 0 radical (unpaired) electrons. The summed E-state index contributed by atoms with van der Waals surface area (Å²) in [5, 5.41) is 3.73. The summed E-state index contributed by atoms with van der Waals surface area (Å²) in [5.74, 6) is 0.816. The highest BCUT2D eigenvalue weighted by Gasteiger charge is 2.25. The summed E-state index contributed by atoms with van der Waals surface area (Å²) in [4.78, 5) is 18.8. The molecule has 3 rings (SSSR count). The number of hydrogen-bond acceptors (Lipinski definition) is 3. The number of aromatic nitrogens is 1. The predicted molar refractivity (Wildman–Crippen MR) is 100 cm³/mol. The lowest BCUT2D eigenvalue weighted by Gasteiger charge is -2.21. The first-order chi connectivity index (χ1) is 12.2. The summed E-state index contributed by atoms with van der Waals surface area (Å²) in [6.07, 6.45) is 5.24. The van der Waals surface area contributed by atoms with Gasteiger partial charge in [-0.3, -0.25) is 14.7 Å². The number of nitrogens with one attached hydrogen (secondary N) is 1. The van der Waals surface area contributed by atoms with Crippen LogP contribution in [0.4, 0.5) is 0 Å². The minimum absolute atomic E-state index is 0.0578. The maximum atomic E-state index is 12.3. The number of carbonyl (C=O) groups excluding carboxylic acids is 1. The van der Waals surface area contributed by atoms with Gasteiger partial charge < -0.3 is 5.32 Å². The van der Waals surface area contributed by atoms with Gasteiger partial charge in [0.15, 0.2) is 0 Å². The summed E-state index contributed by atoms with van der Waals surface area (Å²) in [6, 6.07) is 13.7. The molecular weight excluding hydrogens is 334 g/mol. The molecule has 4 nitrogen and oxygen atoms in total. The summed E-state index contributed by atoms with van der Waals surface area (Å²) in [7, 11) is 0. The average molecular weight is 358 g/mol. The lowest BCUT2D eigenvalue weighted by molar-refractivity contribution is -0.122. The van der Waals surface area contributed by atoms with Crippen molar-refractivity contribution in [1.29, 1.82) is 0 Å². The highest BCUT2D eigenvalue weighted by Crippen LogP contribution is 2.29. The van der Waals surface area contributed by atoms with Crippen LogP contribution in [0.5, 0.6) is 0 Å². The van der Waals surface area contributed by atoms with E-state index in [1.165, 1.54) is 18.4 Å². The fraction of sp³-hybridized carbons (Fsp3) is 0.400. The predicted octanol–water partition coefficient (Wildman–Crippen LogP) is 3.31. The van der Waals surface area contributed by atoms with Crippen LogP contribution in [0.1, 0.15) is 24.1 Å². The van der Waals surface area contributed by atoms with E-state index in [0.717, 1.165) is 36.1 Å². The molecule has 1 aromatic carbocycles. The minimum Gasteiger partial charge on any atom is -0.349 e. The summed E-state index contributed by atoms with van der Waals surface area (Å²) in [6.45, 7) is 2.81.